The Morgan fingerprint density at radius 1 is 0.909 bits per heavy atom. The van der Waals surface area contributed by atoms with E-state index >= 15 is 0 Å². The summed E-state index contributed by atoms with van der Waals surface area (Å²) in [6.07, 6.45) is 0. The van der Waals surface area contributed by atoms with E-state index in [0.717, 1.165) is 31.1 Å². The quantitative estimate of drug-likeness (QED) is 0.683. The Balaban J connectivity index is 2.03. The molecule has 0 aromatic heterocycles. The SMILES string of the molecule is CCN(CCOC)c1ccc(N=Nc2ccc(C)cc2)cc1. The van der Waals surface area contributed by atoms with Gasteiger partial charge in [-0.1, -0.05) is 17.7 Å². The molecule has 0 spiro atoms. The van der Waals surface area contributed by atoms with Gasteiger partial charge in [0.25, 0.3) is 0 Å². The van der Waals surface area contributed by atoms with Crippen LogP contribution in [0.15, 0.2) is 58.8 Å². The van der Waals surface area contributed by atoms with Crippen molar-refractivity contribution in [3.05, 3.63) is 54.1 Å². The van der Waals surface area contributed by atoms with Gasteiger partial charge in [-0.05, 0) is 50.2 Å². The van der Waals surface area contributed by atoms with Gasteiger partial charge in [-0.3, -0.25) is 0 Å². The molecule has 116 valence electrons. The van der Waals surface area contributed by atoms with Gasteiger partial charge in [0.05, 0.1) is 18.0 Å². The van der Waals surface area contributed by atoms with Crippen LogP contribution in [0.1, 0.15) is 12.5 Å². The van der Waals surface area contributed by atoms with E-state index in [1.54, 1.807) is 7.11 Å². The van der Waals surface area contributed by atoms with Gasteiger partial charge >= 0.3 is 0 Å². The molecule has 0 bridgehead atoms. The van der Waals surface area contributed by atoms with Crippen molar-refractivity contribution in [3.8, 4) is 0 Å². The number of benzene rings is 2. The summed E-state index contributed by atoms with van der Waals surface area (Å²) in [5.41, 5.74) is 4.12. The van der Waals surface area contributed by atoms with Crippen molar-refractivity contribution < 1.29 is 4.74 Å². The first-order valence-electron chi connectivity index (χ1n) is 7.55. The predicted molar refractivity (Wildman–Crippen MR) is 91.6 cm³/mol. The highest BCUT2D eigenvalue weighted by molar-refractivity contribution is 5.53. The largest absolute Gasteiger partial charge is 0.383 e. The van der Waals surface area contributed by atoms with Gasteiger partial charge in [-0.15, -0.1) is 0 Å². The minimum Gasteiger partial charge on any atom is -0.383 e. The Hall–Kier alpha value is -2.20. The van der Waals surface area contributed by atoms with Crippen LogP contribution in [0.5, 0.6) is 0 Å². The van der Waals surface area contributed by atoms with E-state index in [1.807, 2.05) is 36.4 Å². The number of hydrogen-bond acceptors (Lipinski definition) is 4. The third-order valence-electron chi connectivity index (χ3n) is 3.48. The van der Waals surface area contributed by atoms with Crippen LogP contribution in [-0.4, -0.2) is 26.8 Å². The zero-order valence-corrected chi connectivity index (χ0v) is 13.5. The lowest BCUT2D eigenvalue weighted by atomic mass is 10.2. The van der Waals surface area contributed by atoms with Crippen molar-refractivity contribution in [1.82, 2.24) is 0 Å². The van der Waals surface area contributed by atoms with Crippen LogP contribution >= 0.6 is 0 Å². The van der Waals surface area contributed by atoms with Crippen LogP contribution in [0.4, 0.5) is 17.1 Å². The van der Waals surface area contributed by atoms with Crippen molar-refractivity contribution >= 4 is 17.1 Å². The molecule has 2 aromatic carbocycles. The number of methoxy groups -OCH3 is 1. The van der Waals surface area contributed by atoms with E-state index in [9.17, 15) is 0 Å². The molecule has 0 aliphatic carbocycles. The minimum absolute atomic E-state index is 0.725. The van der Waals surface area contributed by atoms with E-state index in [0.29, 0.717) is 0 Å². The maximum atomic E-state index is 5.14. The molecule has 0 unspecified atom stereocenters. The van der Waals surface area contributed by atoms with Crippen molar-refractivity contribution in [2.75, 3.05) is 31.7 Å². The van der Waals surface area contributed by atoms with Crippen molar-refractivity contribution in [2.24, 2.45) is 10.2 Å². The van der Waals surface area contributed by atoms with Gasteiger partial charge in [-0.2, -0.15) is 10.2 Å². The molecule has 0 saturated heterocycles. The number of likely N-dealkylation sites (N-methyl/N-ethyl adjacent to an activating group) is 1. The Bertz CT molecular complexity index is 591. The fraction of sp³-hybridized carbons (Fsp3) is 0.333. The average molecular weight is 297 g/mol. The maximum absolute atomic E-state index is 5.14. The molecule has 0 amide bonds. The summed E-state index contributed by atoms with van der Waals surface area (Å²) in [4.78, 5) is 2.27. The summed E-state index contributed by atoms with van der Waals surface area (Å²) in [5, 5.41) is 8.53. The minimum atomic E-state index is 0.725. The second-order valence-electron chi connectivity index (χ2n) is 5.12. The number of hydrogen-bond donors (Lipinski definition) is 0. The Morgan fingerprint density at radius 3 is 1.95 bits per heavy atom. The number of nitrogens with zero attached hydrogens (tertiary/aromatic N) is 3. The second kappa shape index (κ2) is 8.29. The fourth-order valence-corrected chi connectivity index (χ4v) is 2.13. The first kappa shape index (κ1) is 16.2. The van der Waals surface area contributed by atoms with Crippen LogP contribution in [-0.2, 0) is 4.74 Å². The molecule has 0 atom stereocenters. The molecule has 0 saturated carbocycles. The van der Waals surface area contributed by atoms with E-state index in [1.165, 1.54) is 11.3 Å². The number of ether oxygens (including phenoxy) is 1. The molecule has 0 fully saturated rings. The summed E-state index contributed by atoms with van der Waals surface area (Å²) < 4.78 is 5.14. The van der Waals surface area contributed by atoms with Crippen molar-refractivity contribution in [1.29, 1.82) is 0 Å². The van der Waals surface area contributed by atoms with Crippen LogP contribution in [0, 0.1) is 6.92 Å². The molecule has 4 heteroatoms. The summed E-state index contributed by atoms with van der Waals surface area (Å²) in [6.45, 7) is 6.76. The molecule has 4 nitrogen and oxygen atoms in total. The highest BCUT2D eigenvalue weighted by atomic mass is 16.5. The predicted octanol–water partition coefficient (Wildman–Crippen LogP) is 4.88. The summed E-state index contributed by atoms with van der Waals surface area (Å²) in [6, 6.07) is 16.1. The standard InChI is InChI=1S/C18H23N3O/c1-4-21(13-14-22-3)18-11-9-17(10-12-18)20-19-16-7-5-15(2)6-8-16/h5-12H,4,13-14H2,1-3H3. The van der Waals surface area contributed by atoms with Crippen LogP contribution in [0.25, 0.3) is 0 Å². The molecule has 0 N–H and O–H groups in total. The van der Waals surface area contributed by atoms with Gasteiger partial charge in [0.1, 0.15) is 0 Å². The zero-order chi connectivity index (χ0) is 15.8. The fourth-order valence-electron chi connectivity index (χ4n) is 2.13. The van der Waals surface area contributed by atoms with E-state index in [2.05, 4.69) is 41.1 Å². The van der Waals surface area contributed by atoms with Crippen LogP contribution in [0.3, 0.4) is 0 Å². The zero-order valence-electron chi connectivity index (χ0n) is 13.5. The number of aryl methyl sites for hydroxylation is 1. The first-order valence-corrected chi connectivity index (χ1v) is 7.55. The molecule has 0 heterocycles. The molecule has 0 radical (unpaired) electrons. The highest BCUT2D eigenvalue weighted by Gasteiger charge is 2.03. The monoisotopic (exact) mass is 297 g/mol. The van der Waals surface area contributed by atoms with Crippen molar-refractivity contribution in [2.45, 2.75) is 13.8 Å². The average Bonchev–Trinajstić information content (AvgIpc) is 2.56. The second-order valence-corrected chi connectivity index (χ2v) is 5.12. The molecular formula is C18H23N3O. The Kier molecular flexibility index (Phi) is 6.10. The molecule has 22 heavy (non-hydrogen) atoms. The summed E-state index contributed by atoms with van der Waals surface area (Å²) in [5.74, 6) is 0. The lowest BCUT2D eigenvalue weighted by molar-refractivity contribution is 0.205. The van der Waals surface area contributed by atoms with Crippen LogP contribution in [0.2, 0.25) is 0 Å². The molecule has 0 aliphatic rings. The lowest BCUT2D eigenvalue weighted by Gasteiger charge is -2.22. The summed E-state index contributed by atoms with van der Waals surface area (Å²) in [7, 11) is 1.72. The van der Waals surface area contributed by atoms with Gasteiger partial charge in [0.2, 0.25) is 0 Å². The third kappa shape index (κ3) is 4.67. The third-order valence-corrected chi connectivity index (χ3v) is 3.48. The lowest BCUT2D eigenvalue weighted by Crippen LogP contribution is -2.26. The topological polar surface area (TPSA) is 37.2 Å². The maximum Gasteiger partial charge on any atom is 0.0858 e. The number of rotatable bonds is 7. The van der Waals surface area contributed by atoms with Gasteiger partial charge < -0.3 is 9.64 Å². The van der Waals surface area contributed by atoms with E-state index < -0.39 is 0 Å². The van der Waals surface area contributed by atoms with Gasteiger partial charge in [-0.25, -0.2) is 0 Å². The van der Waals surface area contributed by atoms with E-state index in [4.69, 9.17) is 4.74 Å². The first-order chi connectivity index (χ1) is 10.7. The normalized spacial score (nSPS) is 11.0. The Labute approximate surface area is 132 Å². The Morgan fingerprint density at radius 2 is 1.45 bits per heavy atom. The molecular weight excluding hydrogens is 274 g/mol. The molecule has 0 aliphatic heterocycles. The number of anilines is 1. The van der Waals surface area contributed by atoms with E-state index in [-0.39, 0.29) is 0 Å². The smallest absolute Gasteiger partial charge is 0.0858 e. The van der Waals surface area contributed by atoms with Gasteiger partial charge in [0.15, 0.2) is 0 Å². The summed E-state index contributed by atoms with van der Waals surface area (Å²) >= 11 is 0. The number of azo groups is 1. The highest BCUT2D eigenvalue weighted by Crippen LogP contribution is 2.22. The molecule has 2 aromatic rings. The molecule has 2 rings (SSSR count). The van der Waals surface area contributed by atoms with Gasteiger partial charge in [0, 0.05) is 25.9 Å². The van der Waals surface area contributed by atoms with Crippen molar-refractivity contribution in [3.63, 3.8) is 0 Å². The van der Waals surface area contributed by atoms with Crippen LogP contribution < -0.4 is 4.90 Å².